The molecule has 0 amide bonds. The average molecular weight is 310 g/mol. The van der Waals surface area contributed by atoms with Gasteiger partial charge in [-0.05, 0) is 31.1 Å². The maximum Gasteiger partial charge on any atom is 0.339 e. The second-order valence-corrected chi connectivity index (χ2v) is 5.93. The summed E-state index contributed by atoms with van der Waals surface area (Å²) in [6.45, 7) is 4.23. The number of carbonyl (C=O) groups is 1. The van der Waals surface area contributed by atoms with Crippen LogP contribution in [0.3, 0.4) is 0 Å². The molecule has 1 N–H and O–H groups in total. The summed E-state index contributed by atoms with van der Waals surface area (Å²) >= 11 is 0. The number of esters is 1. The summed E-state index contributed by atoms with van der Waals surface area (Å²) in [7, 11) is 3.43. The van der Waals surface area contributed by atoms with Gasteiger partial charge >= 0.3 is 5.97 Å². The van der Waals surface area contributed by atoms with Crippen molar-refractivity contribution in [1.29, 1.82) is 0 Å². The zero-order valence-corrected chi connectivity index (χ0v) is 14.0. The van der Waals surface area contributed by atoms with Gasteiger partial charge in [0.25, 0.3) is 0 Å². The Labute approximate surface area is 136 Å². The summed E-state index contributed by atoms with van der Waals surface area (Å²) < 4.78 is 4.87. The van der Waals surface area contributed by atoms with Crippen molar-refractivity contribution < 1.29 is 9.53 Å². The van der Waals surface area contributed by atoms with Crippen LogP contribution in [0.2, 0.25) is 0 Å². The number of hydrogen-bond donors (Lipinski definition) is 1. The van der Waals surface area contributed by atoms with Crippen LogP contribution in [0.4, 0.5) is 0 Å². The number of carbonyl (C=O) groups excluding carboxylic acids is 1. The fourth-order valence-corrected chi connectivity index (χ4v) is 3.44. The number of para-hydroxylation sites is 1. The van der Waals surface area contributed by atoms with Crippen molar-refractivity contribution in [2.24, 2.45) is 0 Å². The van der Waals surface area contributed by atoms with Gasteiger partial charge in [-0.25, -0.2) is 4.79 Å². The molecule has 1 aromatic carbocycles. The van der Waals surface area contributed by atoms with Crippen LogP contribution in [-0.2, 0) is 9.53 Å². The fourth-order valence-electron chi connectivity index (χ4n) is 3.44. The molecule has 0 bridgehead atoms. The van der Waals surface area contributed by atoms with E-state index in [1.165, 1.54) is 23.6 Å². The number of fused-ring (bicyclic) bond motifs is 1. The summed E-state index contributed by atoms with van der Waals surface area (Å²) in [4.78, 5) is 17.5. The van der Waals surface area contributed by atoms with Crippen molar-refractivity contribution in [3.8, 4) is 0 Å². The highest BCUT2D eigenvalue weighted by molar-refractivity contribution is 5.92. The van der Waals surface area contributed by atoms with E-state index in [0.29, 0.717) is 5.57 Å². The Morgan fingerprint density at radius 2 is 2.09 bits per heavy atom. The standard InChI is InChI=1S/C19H22N2O2/c1-5-13-10-14(19(22)23-4)11-21(3)18(13)17-12(2)20-16-9-7-6-8-15(16)17/h6-11,18,20H,5H2,1-4H3. The second kappa shape index (κ2) is 5.95. The molecule has 23 heavy (non-hydrogen) atoms. The normalized spacial score (nSPS) is 17.9. The van der Waals surface area contributed by atoms with Gasteiger partial charge in [0.05, 0.1) is 18.7 Å². The van der Waals surface area contributed by atoms with Crippen LogP contribution in [-0.4, -0.2) is 30.0 Å². The van der Waals surface area contributed by atoms with Crippen molar-refractivity contribution >= 4 is 16.9 Å². The Morgan fingerprint density at radius 3 is 2.78 bits per heavy atom. The monoisotopic (exact) mass is 310 g/mol. The molecule has 1 aromatic heterocycles. The zero-order valence-electron chi connectivity index (χ0n) is 14.0. The summed E-state index contributed by atoms with van der Waals surface area (Å²) in [6.07, 6.45) is 4.72. The highest BCUT2D eigenvalue weighted by Gasteiger charge is 2.28. The number of likely N-dealkylation sites (N-methyl/N-ethyl adjacent to an activating group) is 1. The lowest BCUT2D eigenvalue weighted by Gasteiger charge is -2.33. The Morgan fingerprint density at radius 1 is 1.35 bits per heavy atom. The van der Waals surface area contributed by atoms with Gasteiger partial charge in [0.1, 0.15) is 0 Å². The SMILES string of the molecule is CCC1=CC(C(=O)OC)=CN(C)C1c1c(C)[nH]c2ccccc12. The van der Waals surface area contributed by atoms with E-state index in [2.05, 4.69) is 41.9 Å². The van der Waals surface area contributed by atoms with Gasteiger partial charge in [-0.15, -0.1) is 0 Å². The number of rotatable bonds is 3. The third kappa shape index (κ3) is 2.54. The summed E-state index contributed by atoms with van der Waals surface area (Å²) in [5, 5.41) is 1.23. The first-order valence-corrected chi connectivity index (χ1v) is 7.86. The number of aryl methyl sites for hydroxylation is 1. The molecule has 0 saturated heterocycles. The van der Waals surface area contributed by atoms with Crippen molar-refractivity contribution in [2.75, 3.05) is 14.2 Å². The van der Waals surface area contributed by atoms with Crippen LogP contribution < -0.4 is 0 Å². The number of nitrogens with one attached hydrogen (secondary N) is 1. The predicted molar refractivity (Wildman–Crippen MR) is 92.0 cm³/mol. The first kappa shape index (κ1) is 15.4. The highest BCUT2D eigenvalue weighted by Crippen LogP contribution is 2.39. The number of nitrogens with zero attached hydrogens (tertiary/aromatic N) is 1. The molecule has 1 aliphatic rings. The van der Waals surface area contributed by atoms with Gasteiger partial charge < -0.3 is 14.6 Å². The molecule has 4 heteroatoms. The molecule has 0 saturated carbocycles. The molecule has 2 aromatic rings. The number of methoxy groups -OCH3 is 1. The topological polar surface area (TPSA) is 45.3 Å². The predicted octanol–water partition coefficient (Wildman–Crippen LogP) is 3.86. The van der Waals surface area contributed by atoms with Gasteiger partial charge in [0.2, 0.25) is 0 Å². The van der Waals surface area contributed by atoms with E-state index < -0.39 is 0 Å². The lowest BCUT2D eigenvalue weighted by molar-refractivity contribution is -0.135. The third-order valence-corrected chi connectivity index (χ3v) is 4.49. The molecule has 4 nitrogen and oxygen atoms in total. The van der Waals surface area contributed by atoms with Gasteiger partial charge in [0.15, 0.2) is 0 Å². The largest absolute Gasteiger partial charge is 0.465 e. The van der Waals surface area contributed by atoms with E-state index in [1.807, 2.05) is 25.4 Å². The molecule has 1 atom stereocenters. The third-order valence-electron chi connectivity index (χ3n) is 4.49. The minimum absolute atomic E-state index is 0.129. The fraction of sp³-hybridized carbons (Fsp3) is 0.316. The molecule has 1 aliphatic heterocycles. The lowest BCUT2D eigenvalue weighted by atomic mass is 9.90. The smallest absolute Gasteiger partial charge is 0.339 e. The van der Waals surface area contributed by atoms with E-state index in [4.69, 9.17) is 4.74 Å². The van der Waals surface area contributed by atoms with E-state index in [0.717, 1.165) is 17.6 Å². The van der Waals surface area contributed by atoms with Gasteiger partial charge in [-0.2, -0.15) is 0 Å². The molecule has 0 fully saturated rings. The van der Waals surface area contributed by atoms with Crippen molar-refractivity contribution in [2.45, 2.75) is 26.3 Å². The minimum atomic E-state index is -0.295. The molecule has 3 rings (SSSR count). The van der Waals surface area contributed by atoms with Crippen LogP contribution in [0.15, 0.2) is 47.7 Å². The first-order valence-electron chi connectivity index (χ1n) is 7.86. The van der Waals surface area contributed by atoms with Crippen LogP contribution in [0, 0.1) is 6.92 Å². The number of aromatic amines is 1. The van der Waals surface area contributed by atoms with Crippen LogP contribution in [0.5, 0.6) is 0 Å². The minimum Gasteiger partial charge on any atom is -0.465 e. The molecule has 0 spiro atoms. The molecule has 0 radical (unpaired) electrons. The van der Waals surface area contributed by atoms with Gasteiger partial charge in [-0.3, -0.25) is 0 Å². The highest BCUT2D eigenvalue weighted by atomic mass is 16.5. The van der Waals surface area contributed by atoms with E-state index in [9.17, 15) is 4.79 Å². The van der Waals surface area contributed by atoms with Gasteiger partial charge in [-0.1, -0.05) is 25.1 Å². The number of hydrogen-bond acceptors (Lipinski definition) is 3. The molecular formula is C19H22N2O2. The molecule has 1 unspecified atom stereocenters. The van der Waals surface area contributed by atoms with Crippen molar-refractivity contribution in [3.05, 3.63) is 58.9 Å². The molecular weight excluding hydrogens is 288 g/mol. The summed E-state index contributed by atoms with van der Waals surface area (Å²) in [5.41, 5.74) is 5.39. The maximum atomic E-state index is 11.9. The Kier molecular flexibility index (Phi) is 3.99. The van der Waals surface area contributed by atoms with Gasteiger partial charge in [0, 0.05) is 35.4 Å². The Bertz CT molecular complexity index is 814. The lowest BCUT2D eigenvalue weighted by Crippen LogP contribution is -2.26. The zero-order chi connectivity index (χ0) is 16.6. The Balaban J connectivity index is 2.12. The van der Waals surface area contributed by atoms with Crippen LogP contribution in [0.1, 0.15) is 30.6 Å². The summed E-state index contributed by atoms with van der Waals surface area (Å²) in [6, 6.07) is 8.48. The number of aromatic nitrogens is 1. The quantitative estimate of drug-likeness (QED) is 0.876. The maximum absolute atomic E-state index is 11.9. The molecule has 120 valence electrons. The number of ether oxygens (including phenoxy) is 1. The average Bonchev–Trinajstić information content (AvgIpc) is 2.89. The number of H-pyrrole nitrogens is 1. The van der Waals surface area contributed by atoms with E-state index in [-0.39, 0.29) is 12.0 Å². The van der Waals surface area contributed by atoms with E-state index >= 15 is 0 Å². The molecule has 0 aliphatic carbocycles. The van der Waals surface area contributed by atoms with Crippen molar-refractivity contribution in [3.63, 3.8) is 0 Å². The van der Waals surface area contributed by atoms with Crippen molar-refractivity contribution in [1.82, 2.24) is 9.88 Å². The summed E-state index contributed by atoms with van der Waals surface area (Å²) in [5.74, 6) is -0.295. The Hall–Kier alpha value is -2.49. The number of benzene rings is 1. The molecule has 2 heterocycles. The first-order chi connectivity index (χ1) is 11.1. The van der Waals surface area contributed by atoms with Crippen LogP contribution >= 0.6 is 0 Å². The van der Waals surface area contributed by atoms with Crippen LogP contribution in [0.25, 0.3) is 10.9 Å². The second-order valence-electron chi connectivity index (χ2n) is 5.93. The van der Waals surface area contributed by atoms with E-state index in [1.54, 1.807) is 0 Å².